The molecule has 0 spiro atoms. The molecule has 4 aromatic carbocycles. The van der Waals surface area contributed by atoms with Crippen molar-refractivity contribution >= 4 is 44.7 Å². The average Bonchev–Trinajstić information content (AvgIpc) is 2.95. The Morgan fingerprint density at radius 1 is 0.895 bits per heavy atom. The highest BCUT2D eigenvalue weighted by Gasteiger charge is 2.12. The van der Waals surface area contributed by atoms with Crippen LogP contribution >= 0.6 is 15.9 Å². The van der Waals surface area contributed by atoms with E-state index in [0.717, 1.165) is 26.4 Å². The highest BCUT2D eigenvalue weighted by Crippen LogP contribution is 2.28. The van der Waals surface area contributed by atoms with Gasteiger partial charge in [0.25, 0.3) is 11.8 Å². The van der Waals surface area contributed by atoms with Gasteiger partial charge in [0.2, 0.25) is 0 Å². The van der Waals surface area contributed by atoms with Gasteiger partial charge in [0.15, 0.2) is 11.5 Å². The van der Waals surface area contributed by atoms with E-state index in [-0.39, 0.29) is 6.54 Å². The largest absolute Gasteiger partial charge is 0.493 e. The lowest BCUT2D eigenvalue weighted by molar-refractivity contribution is -0.120. The number of carbonyl (C=O) groups excluding carboxylic acids is 2. The molecule has 0 saturated carbocycles. The fraction of sp³-hybridized carbons (Fsp3) is 0.138. The number of benzene rings is 4. The summed E-state index contributed by atoms with van der Waals surface area (Å²) in [5.41, 5.74) is 4.54. The van der Waals surface area contributed by atoms with Gasteiger partial charge >= 0.3 is 0 Å². The van der Waals surface area contributed by atoms with E-state index in [1.54, 1.807) is 24.4 Å². The molecule has 4 aromatic rings. The molecule has 0 aliphatic heterocycles. The standard InChI is InChI=1S/C29H26BrN3O5/c1-36-26-14-10-21(15-27(26)37-2)29(35)31-17-28(34)33-32-16-24-23-6-4-3-5-20(23)9-13-25(24)38-18-19-7-11-22(30)12-8-19/h3-16H,17-18H2,1-2H3,(H,31,35)(H,33,34). The summed E-state index contributed by atoms with van der Waals surface area (Å²) in [6.07, 6.45) is 1.55. The zero-order valence-corrected chi connectivity index (χ0v) is 22.4. The number of carbonyl (C=O) groups is 2. The van der Waals surface area contributed by atoms with Gasteiger partial charge in [-0.3, -0.25) is 9.59 Å². The third kappa shape index (κ3) is 6.68. The number of amides is 2. The summed E-state index contributed by atoms with van der Waals surface area (Å²) in [7, 11) is 3.00. The second-order valence-corrected chi connectivity index (χ2v) is 9.07. The van der Waals surface area contributed by atoms with Crippen molar-refractivity contribution in [1.82, 2.24) is 10.7 Å². The zero-order chi connectivity index (χ0) is 26.9. The van der Waals surface area contributed by atoms with Gasteiger partial charge in [-0.05, 0) is 52.7 Å². The van der Waals surface area contributed by atoms with Crippen molar-refractivity contribution in [2.45, 2.75) is 6.61 Å². The fourth-order valence-electron chi connectivity index (χ4n) is 3.72. The Bertz CT molecular complexity index is 1470. The Balaban J connectivity index is 1.41. The van der Waals surface area contributed by atoms with E-state index in [0.29, 0.717) is 29.4 Å². The lowest BCUT2D eigenvalue weighted by atomic mass is 10.0. The number of nitrogens with one attached hydrogen (secondary N) is 2. The molecule has 38 heavy (non-hydrogen) atoms. The second-order valence-electron chi connectivity index (χ2n) is 8.16. The predicted octanol–water partition coefficient (Wildman–Crippen LogP) is 5.08. The molecule has 0 saturated heterocycles. The minimum absolute atomic E-state index is 0.257. The van der Waals surface area contributed by atoms with Gasteiger partial charge in [0.05, 0.1) is 27.0 Å². The predicted molar refractivity (Wildman–Crippen MR) is 150 cm³/mol. The third-order valence-electron chi connectivity index (χ3n) is 5.68. The van der Waals surface area contributed by atoms with Crippen LogP contribution in [0, 0.1) is 0 Å². The van der Waals surface area contributed by atoms with Crippen molar-refractivity contribution in [3.8, 4) is 17.2 Å². The summed E-state index contributed by atoms with van der Waals surface area (Å²) in [6, 6.07) is 24.3. The molecule has 8 nitrogen and oxygen atoms in total. The molecule has 0 heterocycles. The summed E-state index contributed by atoms with van der Waals surface area (Å²) >= 11 is 3.44. The molecule has 2 amide bonds. The van der Waals surface area contributed by atoms with Crippen molar-refractivity contribution in [2.24, 2.45) is 5.10 Å². The lowest BCUT2D eigenvalue weighted by Crippen LogP contribution is -2.34. The molecule has 0 fully saturated rings. The number of hydrazone groups is 1. The number of ether oxygens (including phenoxy) is 3. The molecule has 0 bridgehead atoms. The van der Waals surface area contributed by atoms with Crippen LogP contribution in [0.15, 0.2) is 88.4 Å². The fourth-order valence-corrected chi connectivity index (χ4v) is 3.99. The van der Waals surface area contributed by atoms with Crippen LogP contribution < -0.4 is 25.0 Å². The average molecular weight is 576 g/mol. The van der Waals surface area contributed by atoms with Crippen LogP contribution in [0.1, 0.15) is 21.5 Å². The van der Waals surface area contributed by atoms with Gasteiger partial charge in [-0.2, -0.15) is 5.10 Å². The maximum atomic E-state index is 12.5. The van der Waals surface area contributed by atoms with Gasteiger partial charge in [-0.25, -0.2) is 5.43 Å². The van der Waals surface area contributed by atoms with Gasteiger partial charge in [0, 0.05) is 15.6 Å². The minimum atomic E-state index is -0.479. The van der Waals surface area contributed by atoms with Crippen molar-refractivity contribution in [2.75, 3.05) is 20.8 Å². The Hall–Kier alpha value is -4.37. The van der Waals surface area contributed by atoms with E-state index in [1.807, 2.05) is 60.7 Å². The van der Waals surface area contributed by atoms with Gasteiger partial charge in [0.1, 0.15) is 12.4 Å². The van der Waals surface area contributed by atoms with Crippen molar-refractivity contribution < 1.29 is 23.8 Å². The Kier molecular flexibility index (Phi) is 8.94. The summed E-state index contributed by atoms with van der Waals surface area (Å²) in [6.45, 7) is 0.119. The van der Waals surface area contributed by atoms with Gasteiger partial charge in [-0.15, -0.1) is 0 Å². The highest BCUT2D eigenvalue weighted by molar-refractivity contribution is 9.10. The molecule has 0 atom stereocenters. The maximum Gasteiger partial charge on any atom is 0.259 e. The number of halogens is 1. The smallest absolute Gasteiger partial charge is 0.259 e. The van der Waals surface area contributed by atoms with Crippen molar-refractivity contribution in [3.63, 3.8) is 0 Å². The molecule has 0 radical (unpaired) electrons. The summed E-state index contributed by atoms with van der Waals surface area (Å²) < 4.78 is 17.5. The molecule has 9 heteroatoms. The van der Waals surface area contributed by atoms with Crippen LogP contribution in [0.4, 0.5) is 0 Å². The summed E-state index contributed by atoms with van der Waals surface area (Å²) in [4.78, 5) is 24.8. The summed E-state index contributed by atoms with van der Waals surface area (Å²) in [5.74, 6) is 0.647. The third-order valence-corrected chi connectivity index (χ3v) is 6.21. The molecule has 0 unspecified atom stereocenters. The van der Waals surface area contributed by atoms with E-state index in [2.05, 4.69) is 31.8 Å². The van der Waals surface area contributed by atoms with Gasteiger partial charge in [-0.1, -0.05) is 58.4 Å². The van der Waals surface area contributed by atoms with Crippen LogP contribution in [-0.2, 0) is 11.4 Å². The topological polar surface area (TPSA) is 98.2 Å². The molecule has 0 aromatic heterocycles. The van der Waals surface area contributed by atoms with E-state index < -0.39 is 11.8 Å². The molecule has 4 rings (SSSR count). The van der Waals surface area contributed by atoms with Crippen LogP contribution in [0.2, 0.25) is 0 Å². The van der Waals surface area contributed by atoms with Crippen molar-refractivity contribution in [3.05, 3.63) is 100 Å². The zero-order valence-electron chi connectivity index (χ0n) is 20.9. The van der Waals surface area contributed by atoms with Gasteiger partial charge < -0.3 is 19.5 Å². The lowest BCUT2D eigenvalue weighted by Gasteiger charge is -2.12. The number of fused-ring (bicyclic) bond motifs is 1. The first-order valence-electron chi connectivity index (χ1n) is 11.7. The normalized spacial score (nSPS) is 10.8. The van der Waals surface area contributed by atoms with E-state index in [4.69, 9.17) is 14.2 Å². The second kappa shape index (κ2) is 12.7. The number of hydrogen-bond donors (Lipinski definition) is 2. The molecular weight excluding hydrogens is 550 g/mol. The quantitative estimate of drug-likeness (QED) is 0.203. The van der Waals surface area contributed by atoms with E-state index in [1.165, 1.54) is 14.2 Å². The number of methoxy groups -OCH3 is 2. The summed E-state index contributed by atoms with van der Waals surface area (Å²) in [5, 5.41) is 8.63. The van der Waals surface area contributed by atoms with Crippen LogP contribution in [0.25, 0.3) is 10.8 Å². The highest BCUT2D eigenvalue weighted by atomic mass is 79.9. The van der Waals surface area contributed by atoms with E-state index in [9.17, 15) is 9.59 Å². The van der Waals surface area contributed by atoms with Crippen LogP contribution in [-0.4, -0.2) is 38.8 Å². The Morgan fingerprint density at radius 2 is 1.63 bits per heavy atom. The minimum Gasteiger partial charge on any atom is -0.493 e. The Morgan fingerprint density at radius 3 is 2.39 bits per heavy atom. The SMILES string of the molecule is COc1ccc(C(=O)NCC(=O)NN=Cc2c(OCc3ccc(Br)cc3)ccc3ccccc23)cc1OC. The number of rotatable bonds is 10. The Labute approximate surface area is 228 Å². The van der Waals surface area contributed by atoms with E-state index >= 15 is 0 Å². The first kappa shape index (κ1) is 26.7. The molecule has 0 aliphatic carbocycles. The molecule has 0 aliphatic rings. The van der Waals surface area contributed by atoms with Crippen molar-refractivity contribution in [1.29, 1.82) is 0 Å². The maximum absolute atomic E-state index is 12.5. The monoisotopic (exact) mass is 575 g/mol. The molecular formula is C29H26BrN3O5. The first-order valence-corrected chi connectivity index (χ1v) is 12.5. The first-order chi connectivity index (χ1) is 18.5. The number of hydrogen-bond acceptors (Lipinski definition) is 6. The molecule has 194 valence electrons. The number of nitrogens with zero attached hydrogens (tertiary/aromatic N) is 1. The van der Waals surface area contributed by atoms with Crippen LogP contribution in [0.3, 0.4) is 0 Å². The van der Waals surface area contributed by atoms with Crippen LogP contribution in [0.5, 0.6) is 17.2 Å². The molecule has 2 N–H and O–H groups in total.